The molecule has 1 fully saturated rings. The number of likely N-dealkylation sites (N-methyl/N-ethyl adjacent to an activating group) is 1. The van der Waals surface area contributed by atoms with Crippen LogP contribution in [-0.4, -0.2) is 30.4 Å². The molecule has 0 radical (unpaired) electrons. The van der Waals surface area contributed by atoms with E-state index in [0.717, 1.165) is 31.0 Å². The van der Waals surface area contributed by atoms with Crippen molar-refractivity contribution in [1.82, 2.24) is 4.90 Å². The van der Waals surface area contributed by atoms with Gasteiger partial charge >= 0.3 is 0 Å². The summed E-state index contributed by atoms with van der Waals surface area (Å²) in [6.07, 6.45) is 2.08. The van der Waals surface area contributed by atoms with Crippen LogP contribution < -0.4 is 5.32 Å². The third kappa shape index (κ3) is 3.15. The van der Waals surface area contributed by atoms with Crippen molar-refractivity contribution in [2.45, 2.75) is 18.9 Å². The number of nitrogens with one attached hydrogen (secondary N) is 1. The van der Waals surface area contributed by atoms with Crippen molar-refractivity contribution >= 4 is 11.6 Å². The lowest BCUT2D eigenvalue weighted by Gasteiger charge is -2.16. The third-order valence-electron chi connectivity index (χ3n) is 2.79. The van der Waals surface area contributed by atoms with E-state index in [9.17, 15) is 13.6 Å². The molecule has 17 heavy (non-hydrogen) atoms. The van der Waals surface area contributed by atoms with Gasteiger partial charge in [-0.25, -0.2) is 8.78 Å². The Morgan fingerprint density at radius 1 is 1.35 bits per heavy atom. The minimum Gasteiger partial charge on any atom is -0.376 e. The maximum absolute atomic E-state index is 12.9. The number of amides is 1. The van der Waals surface area contributed by atoms with Crippen LogP contribution in [0, 0.1) is 11.6 Å². The Morgan fingerprint density at radius 3 is 2.47 bits per heavy atom. The normalized spacial score (nSPS) is 14.5. The zero-order chi connectivity index (χ0) is 12.4. The fourth-order valence-corrected chi connectivity index (χ4v) is 1.62. The second-order valence-corrected chi connectivity index (χ2v) is 4.25. The van der Waals surface area contributed by atoms with Crippen molar-refractivity contribution < 1.29 is 13.6 Å². The van der Waals surface area contributed by atoms with E-state index in [4.69, 9.17) is 0 Å². The highest BCUT2D eigenvalue weighted by atomic mass is 19.1. The molecule has 0 atom stereocenters. The van der Waals surface area contributed by atoms with E-state index in [1.807, 2.05) is 0 Å². The first-order chi connectivity index (χ1) is 8.06. The van der Waals surface area contributed by atoms with Gasteiger partial charge in [-0.2, -0.15) is 0 Å². The molecule has 0 aromatic heterocycles. The molecule has 0 spiro atoms. The molecule has 1 aliphatic rings. The van der Waals surface area contributed by atoms with Crippen molar-refractivity contribution in [2.75, 3.05) is 18.9 Å². The van der Waals surface area contributed by atoms with Crippen LogP contribution in [0.25, 0.3) is 0 Å². The lowest BCUT2D eigenvalue weighted by atomic mass is 10.3. The summed E-state index contributed by atoms with van der Waals surface area (Å²) in [5, 5.41) is 2.72. The lowest BCUT2D eigenvalue weighted by molar-refractivity contribution is -0.128. The predicted octanol–water partition coefficient (Wildman–Crippen LogP) is 2.00. The van der Waals surface area contributed by atoms with Crippen molar-refractivity contribution in [3.8, 4) is 0 Å². The Morgan fingerprint density at radius 2 is 1.94 bits per heavy atom. The molecule has 2 rings (SSSR count). The van der Waals surface area contributed by atoms with Gasteiger partial charge < -0.3 is 10.2 Å². The number of carbonyl (C=O) groups excluding carboxylic acids is 1. The van der Waals surface area contributed by atoms with Crippen LogP contribution in [0.3, 0.4) is 0 Å². The third-order valence-corrected chi connectivity index (χ3v) is 2.79. The van der Waals surface area contributed by atoms with Gasteiger partial charge in [0.05, 0.1) is 6.54 Å². The first-order valence-electron chi connectivity index (χ1n) is 5.52. The SMILES string of the molecule is CN(C(=O)CNc1cc(F)cc(F)c1)C1CC1. The standard InChI is InChI=1S/C12H14F2N2O/c1-16(11-2-3-11)12(17)7-15-10-5-8(13)4-9(14)6-10/h4-6,11,15H,2-3,7H2,1H3. The van der Waals surface area contributed by atoms with Gasteiger partial charge in [-0.15, -0.1) is 0 Å². The number of hydrogen-bond acceptors (Lipinski definition) is 2. The fourth-order valence-electron chi connectivity index (χ4n) is 1.62. The molecular formula is C12H14F2N2O. The number of halogens is 2. The molecule has 3 nitrogen and oxygen atoms in total. The summed E-state index contributed by atoms with van der Waals surface area (Å²) < 4.78 is 25.7. The van der Waals surface area contributed by atoms with Gasteiger partial charge in [0.25, 0.3) is 0 Å². The van der Waals surface area contributed by atoms with Crippen LogP contribution in [-0.2, 0) is 4.79 Å². The van der Waals surface area contributed by atoms with Gasteiger partial charge in [-0.05, 0) is 25.0 Å². The van der Waals surface area contributed by atoms with E-state index in [1.54, 1.807) is 11.9 Å². The van der Waals surface area contributed by atoms with Crippen LogP contribution >= 0.6 is 0 Å². The minimum absolute atomic E-state index is 0.0515. The van der Waals surface area contributed by atoms with E-state index in [0.29, 0.717) is 6.04 Å². The zero-order valence-electron chi connectivity index (χ0n) is 9.54. The van der Waals surface area contributed by atoms with Crippen molar-refractivity contribution in [3.63, 3.8) is 0 Å². The van der Waals surface area contributed by atoms with Crippen LogP contribution in [0.1, 0.15) is 12.8 Å². The maximum Gasteiger partial charge on any atom is 0.241 e. The molecular weight excluding hydrogens is 226 g/mol. The topological polar surface area (TPSA) is 32.3 Å². The largest absolute Gasteiger partial charge is 0.376 e. The maximum atomic E-state index is 12.9. The zero-order valence-corrected chi connectivity index (χ0v) is 9.54. The quantitative estimate of drug-likeness (QED) is 0.873. The van der Waals surface area contributed by atoms with E-state index in [2.05, 4.69) is 5.32 Å². The minimum atomic E-state index is -0.657. The summed E-state index contributed by atoms with van der Waals surface area (Å²) in [6, 6.07) is 3.46. The lowest BCUT2D eigenvalue weighted by Crippen LogP contribution is -2.33. The molecule has 1 saturated carbocycles. The average molecular weight is 240 g/mol. The smallest absolute Gasteiger partial charge is 0.241 e. The Labute approximate surface area is 98.4 Å². The summed E-state index contributed by atoms with van der Waals surface area (Å²) in [6.45, 7) is 0.0515. The van der Waals surface area contributed by atoms with Gasteiger partial charge in [0.1, 0.15) is 11.6 Å². The van der Waals surface area contributed by atoms with E-state index in [1.165, 1.54) is 0 Å². The Hall–Kier alpha value is -1.65. The Kier molecular flexibility index (Phi) is 3.26. The molecule has 0 heterocycles. The Bertz CT molecular complexity index is 412. The number of benzene rings is 1. The molecule has 1 amide bonds. The molecule has 1 aromatic carbocycles. The summed E-state index contributed by atoms with van der Waals surface area (Å²) in [5.74, 6) is -1.39. The van der Waals surface area contributed by atoms with Crippen LogP contribution in [0.5, 0.6) is 0 Å². The first-order valence-corrected chi connectivity index (χ1v) is 5.52. The number of hydrogen-bond donors (Lipinski definition) is 1. The van der Waals surface area contributed by atoms with Gasteiger partial charge in [0.2, 0.25) is 5.91 Å². The molecule has 1 aliphatic carbocycles. The highest BCUT2D eigenvalue weighted by molar-refractivity contribution is 5.81. The predicted molar refractivity (Wildman–Crippen MR) is 60.6 cm³/mol. The van der Waals surface area contributed by atoms with Gasteiger partial charge in [-0.3, -0.25) is 4.79 Å². The number of carbonyl (C=O) groups is 1. The highest BCUT2D eigenvalue weighted by Gasteiger charge is 2.29. The van der Waals surface area contributed by atoms with Crippen molar-refractivity contribution in [3.05, 3.63) is 29.8 Å². The fraction of sp³-hybridized carbons (Fsp3) is 0.417. The van der Waals surface area contributed by atoms with Gasteiger partial charge in [-0.1, -0.05) is 0 Å². The van der Waals surface area contributed by atoms with E-state index in [-0.39, 0.29) is 18.1 Å². The van der Waals surface area contributed by atoms with Crippen LogP contribution in [0.4, 0.5) is 14.5 Å². The second kappa shape index (κ2) is 4.69. The Balaban J connectivity index is 1.90. The second-order valence-electron chi connectivity index (χ2n) is 4.25. The molecule has 92 valence electrons. The molecule has 1 aromatic rings. The molecule has 1 N–H and O–H groups in total. The average Bonchev–Trinajstić information content (AvgIpc) is 3.07. The first kappa shape index (κ1) is 11.8. The van der Waals surface area contributed by atoms with Crippen LogP contribution in [0.15, 0.2) is 18.2 Å². The van der Waals surface area contributed by atoms with Gasteiger partial charge in [0.15, 0.2) is 0 Å². The molecule has 0 unspecified atom stereocenters. The van der Waals surface area contributed by atoms with E-state index < -0.39 is 11.6 Å². The monoisotopic (exact) mass is 240 g/mol. The highest BCUT2D eigenvalue weighted by Crippen LogP contribution is 2.25. The van der Waals surface area contributed by atoms with E-state index >= 15 is 0 Å². The number of nitrogens with zero attached hydrogens (tertiary/aromatic N) is 1. The number of anilines is 1. The van der Waals surface area contributed by atoms with Crippen molar-refractivity contribution in [2.24, 2.45) is 0 Å². The molecule has 0 bridgehead atoms. The van der Waals surface area contributed by atoms with Crippen LogP contribution in [0.2, 0.25) is 0 Å². The molecule has 5 heteroatoms. The molecule has 0 aliphatic heterocycles. The van der Waals surface area contributed by atoms with Crippen molar-refractivity contribution in [1.29, 1.82) is 0 Å². The summed E-state index contributed by atoms with van der Waals surface area (Å²) in [5.41, 5.74) is 0.278. The molecule has 0 saturated heterocycles. The summed E-state index contributed by atoms with van der Waals surface area (Å²) in [4.78, 5) is 13.3. The number of rotatable bonds is 4. The van der Waals surface area contributed by atoms with Gasteiger partial charge in [0, 0.05) is 24.8 Å². The summed E-state index contributed by atoms with van der Waals surface area (Å²) in [7, 11) is 1.74. The summed E-state index contributed by atoms with van der Waals surface area (Å²) >= 11 is 0.